The van der Waals surface area contributed by atoms with Gasteiger partial charge in [0.05, 0.1) is 11.4 Å². The molecule has 0 aromatic heterocycles. The molecule has 2 N–H and O–H groups in total. The van der Waals surface area contributed by atoms with Gasteiger partial charge in [-0.3, -0.25) is 4.90 Å². The highest BCUT2D eigenvalue weighted by Gasteiger charge is 2.41. The van der Waals surface area contributed by atoms with E-state index in [9.17, 15) is 21.6 Å². The largest absolute Gasteiger partial charge is 0.403 e. The fourth-order valence-corrected chi connectivity index (χ4v) is 3.74. The van der Waals surface area contributed by atoms with E-state index in [1.807, 2.05) is 11.8 Å². The summed E-state index contributed by atoms with van der Waals surface area (Å²) in [6.07, 6.45) is -4.23. The van der Waals surface area contributed by atoms with Gasteiger partial charge in [-0.05, 0) is 38.6 Å². The van der Waals surface area contributed by atoms with Gasteiger partial charge in [-0.1, -0.05) is 12.1 Å². The third kappa shape index (κ3) is 6.31. The minimum absolute atomic E-state index is 0.176. The van der Waals surface area contributed by atoms with Crippen LogP contribution in [-0.2, 0) is 16.6 Å². The summed E-state index contributed by atoms with van der Waals surface area (Å²) < 4.78 is 64.5. The van der Waals surface area contributed by atoms with Crippen LogP contribution in [-0.4, -0.2) is 76.2 Å². The number of nitrogens with one attached hydrogen (secondary N) is 2. The molecule has 7 nitrogen and oxygen atoms in total. The van der Waals surface area contributed by atoms with E-state index < -0.39 is 22.2 Å². The summed E-state index contributed by atoms with van der Waals surface area (Å²) in [6.45, 7) is 5.60. The van der Waals surface area contributed by atoms with E-state index in [4.69, 9.17) is 0 Å². The maximum atomic E-state index is 12.9. The molecule has 1 unspecified atom stereocenters. The fraction of sp³-hybridized carbons (Fsp3) is 0.611. The number of alkyl halides is 3. The number of guanidine groups is 1. The second-order valence-electron chi connectivity index (χ2n) is 6.76. The van der Waals surface area contributed by atoms with Crippen LogP contribution < -0.4 is 10.0 Å². The Labute approximate surface area is 170 Å². The number of aliphatic imine (C=N–C) groups is 1. The van der Waals surface area contributed by atoms with Crippen molar-refractivity contribution in [3.63, 3.8) is 0 Å². The number of piperazine rings is 1. The van der Waals surface area contributed by atoms with E-state index >= 15 is 0 Å². The minimum atomic E-state index is -4.23. The highest BCUT2D eigenvalue weighted by Crippen LogP contribution is 2.25. The summed E-state index contributed by atoms with van der Waals surface area (Å²) in [5.41, 5.74) is 0.833. The van der Waals surface area contributed by atoms with Gasteiger partial charge in [0.2, 0.25) is 10.0 Å². The van der Waals surface area contributed by atoms with Crippen molar-refractivity contribution in [2.45, 2.75) is 37.5 Å². The molecule has 11 heteroatoms. The third-order valence-corrected chi connectivity index (χ3v) is 6.31. The summed E-state index contributed by atoms with van der Waals surface area (Å²) in [5, 5.41) is 3.17. The molecule has 1 heterocycles. The van der Waals surface area contributed by atoms with Crippen molar-refractivity contribution in [1.29, 1.82) is 0 Å². The number of rotatable bonds is 6. The maximum absolute atomic E-state index is 12.9. The normalized spacial score (nSPS) is 18.0. The molecular formula is C18H28F3N5O2S. The van der Waals surface area contributed by atoms with E-state index in [0.717, 1.165) is 5.56 Å². The summed E-state index contributed by atoms with van der Waals surface area (Å²) in [5.74, 6) is 0.638. The molecular weight excluding hydrogens is 407 g/mol. The van der Waals surface area contributed by atoms with E-state index in [0.29, 0.717) is 45.2 Å². The molecule has 1 aromatic carbocycles. The van der Waals surface area contributed by atoms with Gasteiger partial charge < -0.3 is 10.2 Å². The van der Waals surface area contributed by atoms with Crippen LogP contribution in [0.1, 0.15) is 19.4 Å². The van der Waals surface area contributed by atoms with Gasteiger partial charge in [0, 0.05) is 32.7 Å². The third-order valence-electron chi connectivity index (χ3n) is 4.88. The van der Waals surface area contributed by atoms with Crippen LogP contribution in [0.25, 0.3) is 0 Å². The van der Waals surface area contributed by atoms with Crippen molar-refractivity contribution in [1.82, 2.24) is 19.8 Å². The number of hydrogen-bond acceptors (Lipinski definition) is 4. The van der Waals surface area contributed by atoms with Gasteiger partial charge in [-0.2, -0.15) is 13.2 Å². The van der Waals surface area contributed by atoms with Crippen LogP contribution in [0, 0.1) is 0 Å². The second kappa shape index (κ2) is 9.77. The Morgan fingerprint density at radius 1 is 1.17 bits per heavy atom. The van der Waals surface area contributed by atoms with Gasteiger partial charge in [0.25, 0.3) is 0 Å². The summed E-state index contributed by atoms with van der Waals surface area (Å²) in [7, 11) is -2.13. The molecule has 0 amide bonds. The van der Waals surface area contributed by atoms with Crippen LogP contribution >= 0.6 is 0 Å². The second-order valence-corrected chi connectivity index (χ2v) is 8.65. The summed E-state index contributed by atoms with van der Waals surface area (Å²) in [6, 6.07) is 4.96. The Hall–Kier alpha value is -1.85. The smallest absolute Gasteiger partial charge is 0.357 e. The van der Waals surface area contributed by atoms with Gasteiger partial charge in [0.1, 0.15) is 6.04 Å². The average Bonchev–Trinajstić information content (AvgIpc) is 2.70. The molecule has 1 aliphatic rings. The van der Waals surface area contributed by atoms with Gasteiger partial charge >= 0.3 is 6.18 Å². The average molecular weight is 436 g/mol. The Kier molecular flexibility index (Phi) is 7.89. The maximum Gasteiger partial charge on any atom is 0.403 e. The Morgan fingerprint density at radius 3 is 2.24 bits per heavy atom. The first kappa shape index (κ1) is 23.4. The number of benzene rings is 1. The molecule has 1 atom stereocenters. The first-order chi connectivity index (χ1) is 13.6. The van der Waals surface area contributed by atoms with Crippen LogP contribution in [0.15, 0.2) is 34.2 Å². The number of sulfonamides is 1. The SMILES string of the molecule is CCNC(=NCc1ccc(S(=O)(=O)NC)cc1)N1CCN(C(C)C(F)(F)F)CC1. The highest BCUT2D eigenvalue weighted by molar-refractivity contribution is 7.89. The lowest BCUT2D eigenvalue weighted by molar-refractivity contribution is -0.181. The van der Waals surface area contributed by atoms with E-state index in [1.165, 1.54) is 31.0 Å². The van der Waals surface area contributed by atoms with Crippen LogP contribution in [0.4, 0.5) is 13.2 Å². The quantitative estimate of drug-likeness (QED) is 0.525. The predicted molar refractivity (Wildman–Crippen MR) is 106 cm³/mol. The highest BCUT2D eigenvalue weighted by atomic mass is 32.2. The molecule has 1 aliphatic heterocycles. The molecule has 0 saturated carbocycles. The lowest BCUT2D eigenvalue weighted by Gasteiger charge is -2.39. The summed E-state index contributed by atoms with van der Waals surface area (Å²) >= 11 is 0. The van der Waals surface area contributed by atoms with Crippen molar-refractivity contribution in [2.75, 3.05) is 39.8 Å². The van der Waals surface area contributed by atoms with Crippen molar-refractivity contribution in [3.05, 3.63) is 29.8 Å². The minimum Gasteiger partial charge on any atom is -0.357 e. The van der Waals surface area contributed by atoms with Gasteiger partial charge in [-0.25, -0.2) is 18.1 Å². The standard InChI is InChI=1S/C18H28F3N5O2S/c1-4-23-17(26-11-9-25(10-12-26)14(2)18(19,20)21)24-13-15-5-7-16(8-6-15)29(27,28)22-3/h5-8,14,22H,4,9-13H2,1-3H3,(H,23,24). The zero-order chi connectivity index (χ0) is 21.7. The molecule has 1 aromatic rings. The topological polar surface area (TPSA) is 77.0 Å². The van der Waals surface area contributed by atoms with Gasteiger partial charge in [-0.15, -0.1) is 0 Å². The van der Waals surface area contributed by atoms with Crippen molar-refractivity contribution in [3.8, 4) is 0 Å². The molecule has 29 heavy (non-hydrogen) atoms. The van der Waals surface area contributed by atoms with Crippen molar-refractivity contribution in [2.24, 2.45) is 4.99 Å². The zero-order valence-corrected chi connectivity index (χ0v) is 17.6. The fourth-order valence-electron chi connectivity index (χ4n) is 3.01. The number of halogens is 3. The number of nitrogens with zero attached hydrogens (tertiary/aromatic N) is 3. The number of hydrogen-bond donors (Lipinski definition) is 2. The molecule has 1 saturated heterocycles. The van der Waals surface area contributed by atoms with E-state index in [1.54, 1.807) is 12.1 Å². The van der Waals surface area contributed by atoms with E-state index in [2.05, 4.69) is 15.0 Å². The van der Waals surface area contributed by atoms with Crippen LogP contribution in [0.2, 0.25) is 0 Å². The van der Waals surface area contributed by atoms with Crippen molar-refractivity contribution < 1.29 is 21.6 Å². The van der Waals surface area contributed by atoms with Crippen LogP contribution in [0.3, 0.4) is 0 Å². The molecule has 164 valence electrons. The first-order valence-corrected chi connectivity index (χ1v) is 10.9. The molecule has 0 bridgehead atoms. The first-order valence-electron chi connectivity index (χ1n) is 9.45. The predicted octanol–water partition coefficient (Wildman–Crippen LogP) is 1.63. The van der Waals surface area contributed by atoms with Gasteiger partial charge in [0.15, 0.2) is 5.96 Å². The molecule has 0 spiro atoms. The Bertz CT molecular complexity index is 789. The molecule has 1 fully saturated rings. The van der Waals surface area contributed by atoms with Crippen molar-refractivity contribution >= 4 is 16.0 Å². The van der Waals surface area contributed by atoms with E-state index in [-0.39, 0.29) is 4.90 Å². The Morgan fingerprint density at radius 2 is 1.76 bits per heavy atom. The summed E-state index contributed by atoms with van der Waals surface area (Å²) in [4.78, 5) is 8.12. The zero-order valence-electron chi connectivity index (χ0n) is 16.8. The lowest BCUT2D eigenvalue weighted by Crippen LogP contribution is -2.56. The monoisotopic (exact) mass is 435 g/mol. The lowest BCUT2D eigenvalue weighted by atomic mass is 10.2. The molecule has 0 radical (unpaired) electrons. The molecule has 2 rings (SSSR count). The molecule has 0 aliphatic carbocycles. The van der Waals surface area contributed by atoms with Crippen LogP contribution in [0.5, 0.6) is 0 Å². The Balaban J connectivity index is 2.02.